The maximum atomic E-state index is 13.3. The van der Waals surface area contributed by atoms with Crippen LogP contribution in [0.25, 0.3) is 12.2 Å². The number of carbonyl (C=O) groups is 4. The normalized spacial score (nSPS) is 12.3. The van der Waals surface area contributed by atoms with Gasteiger partial charge in [0.15, 0.2) is 22.8 Å². The first-order valence-corrected chi connectivity index (χ1v) is 20.2. The zero-order valence-electron chi connectivity index (χ0n) is 39.0. The summed E-state index contributed by atoms with van der Waals surface area (Å²) in [6.07, 6.45) is -3.92. The van der Waals surface area contributed by atoms with Crippen molar-refractivity contribution in [2.24, 2.45) is 0 Å². The van der Waals surface area contributed by atoms with Crippen molar-refractivity contribution in [2.45, 2.75) is 105 Å². The highest BCUT2D eigenvalue weighted by Gasteiger charge is 2.37. The molecule has 0 aliphatic carbocycles. The second-order valence-corrected chi connectivity index (χ2v) is 17.2. The number of hydrogen-bond acceptors (Lipinski definition) is 9. The highest BCUT2D eigenvalue weighted by atomic mass is 19.4. The first-order valence-electron chi connectivity index (χ1n) is 20.2. The van der Waals surface area contributed by atoms with E-state index < -0.39 is 63.8 Å². The number of aryl methyl sites for hydroxylation is 4. The monoisotopic (exact) mass is 928 g/mol. The lowest BCUT2D eigenvalue weighted by atomic mass is 10.0. The van der Waals surface area contributed by atoms with E-state index in [1.165, 1.54) is 50.3 Å². The first-order chi connectivity index (χ1) is 30.2. The molecule has 10 nitrogen and oxygen atoms in total. The fraction of sp³-hybridized carbons (Fsp3) is 0.360. The lowest BCUT2D eigenvalue weighted by Crippen LogP contribution is -2.43. The van der Waals surface area contributed by atoms with E-state index in [1.54, 1.807) is 86.6 Å². The number of hydrogen-bond donors (Lipinski definition) is 1. The van der Waals surface area contributed by atoms with Gasteiger partial charge in [-0.1, -0.05) is 12.2 Å². The van der Waals surface area contributed by atoms with Crippen LogP contribution in [0.2, 0.25) is 0 Å². The van der Waals surface area contributed by atoms with Crippen molar-refractivity contribution in [1.29, 1.82) is 0 Å². The second kappa shape index (κ2) is 20.7. The fourth-order valence-electron chi connectivity index (χ4n) is 6.18. The maximum Gasteiger partial charge on any atom is 0.419 e. The molecule has 0 heterocycles. The Bertz CT molecular complexity index is 2480. The van der Waals surface area contributed by atoms with Gasteiger partial charge in [-0.2, -0.15) is 26.3 Å². The van der Waals surface area contributed by atoms with Crippen molar-refractivity contribution in [1.82, 2.24) is 0 Å². The van der Waals surface area contributed by atoms with Gasteiger partial charge in [0, 0.05) is 11.1 Å². The van der Waals surface area contributed by atoms with Crippen molar-refractivity contribution in [3.05, 3.63) is 128 Å². The minimum absolute atomic E-state index is 0.109. The van der Waals surface area contributed by atoms with E-state index in [9.17, 15) is 50.6 Å². The summed E-state index contributed by atoms with van der Waals surface area (Å²) < 4.78 is 106. The maximum absolute atomic E-state index is 13.3. The lowest BCUT2D eigenvalue weighted by Gasteiger charge is -2.30. The number of methoxy groups -OCH3 is 2. The Kier molecular flexibility index (Phi) is 16.9. The number of benzene rings is 4. The SMILES string of the molecule is COc1ccc(C(=O)/C=C/c2cc(C)c(OC(C)(C)C(=O)O)c(C)c2)cc1C(F)(F)F.COc1ccc(C(=O)/C=C/c2cc(C)c(OC(C)(C)C(=O)OC(C)(C)C)c(C)c2)cc1C(F)(F)F. The van der Waals surface area contributed by atoms with Gasteiger partial charge in [-0.05, 0) is 182 Å². The molecule has 16 heteroatoms. The van der Waals surface area contributed by atoms with Crippen LogP contribution in [-0.4, -0.2) is 59.6 Å². The quantitative estimate of drug-likeness (QED) is 0.0563. The highest BCUT2D eigenvalue weighted by Crippen LogP contribution is 2.38. The summed E-state index contributed by atoms with van der Waals surface area (Å²) in [5.74, 6) is -2.59. The molecule has 0 fully saturated rings. The molecule has 0 spiro atoms. The molecule has 0 amide bonds. The van der Waals surface area contributed by atoms with Crippen LogP contribution in [0.5, 0.6) is 23.0 Å². The topological polar surface area (TPSA) is 135 Å². The highest BCUT2D eigenvalue weighted by molar-refractivity contribution is 6.07. The number of allylic oxidation sites excluding steroid dienone is 2. The number of halogens is 6. The summed E-state index contributed by atoms with van der Waals surface area (Å²) in [7, 11) is 2.26. The van der Waals surface area contributed by atoms with E-state index in [4.69, 9.17) is 23.7 Å². The van der Waals surface area contributed by atoms with Gasteiger partial charge in [-0.15, -0.1) is 0 Å². The van der Waals surface area contributed by atoms with Gasteiger partial charge >= 0.3 is 24.3 Å². The summed E-state index contributed by atoms with van der Waals surface area (Å²) in [4.78, 5) is 48.8. The summed E-state index contributed by atoms with van der Waals surface area (Å²) in [5.41, 5.74) is -1.56. The molecule has 0 radical (unpaired) electrons. The van der Waals surface area contributed by atoms with Crippen molar-refractivity contribution in [2.75, 3.05) is 14.2 Å². The molecule has 0 saturated carbocycles. The number of carboxylic acid groups (broad SMARTS) is 1. The average molecular weight is 929 g/mol. The summed E-state index contributed by atoms with van der Waals surface area (Å²) in [6, 6.07) is 13.2. The van der Waals surface area contributed by atoms with E-state index in [0.29, 0.717) is 33.8 Å². The molecule has 4 aromatic rings. The van der Waals surface area contributed by atoms with E-state index in [1.807, 2.05) is 0 Å². The van der Waals surface area contributed by atoms with E-state index in [0.717, 1.165) is 49.6 Å². The molecular formula is C50H54F6O10. The first kappa shape index (κ1) is 53.8. The van der Waals surface area contributed by atoms with Gasteiger partial charge in [-0.25, -0.2) is 9.59 Å². The molecule has 0 atom stereocenters. The molecule has 4 rings (SSSR count). The number of alkyl halides is 6. The van der Waals surface area contributed by atoms with Crippen molar-refractivity contribution in [3.63, 3.8) is 0 Å². The third-order valence-corrected chi connectivity index (χ3v) is 9.52. The second-order valence-electron chi connectivity index (χ2n) is 17.2. The van der Waals surface area contributed by atoms with Gasteiger partial charge in [-0.3, -0.25) is 9.59 Å². The third kappa shape index (κ3) is 14.5. The van der Waals surface area contributed by atoms with Gasteiger partial charge in [0.25, 0.3) is 0 Å². The minimum atomic E-state index is -4.65. The van der Waals surface area contributed by atoms with Crippen LogP contribution < -0.4 is 18.9 Å². The molecule has 0 saturated heterocycles. The van der Waals surface area contributed by atoms with Crippen molar-refractivity contribution < 1.29 is 74.3 Å². The molecular weight excluding hydrogens is 875 g/mol. The summed E-state index contributed by atoms with van der Waals surface area (Å²) >= 11 is 0. The van der Waals surface area contributed by atoms with E-state index >= 15 is 0 Å². The number of esters is 1. The van der Waals surface area contributed by atoms with Crippen LogP contribution in [-0.2, 0) is 26.7 Å². The standard InChI is InChI=1S/C27H31F3O5.C23H23F3O5/c1-16-13-18(14-17(2)23(16)34-26(6,7)24(32)35-25(3,4)5)9-11-21(31)19-10-12-22(33-8)20(15-19)27(28,29)30;1-13-10-15(11-14(2)20(13)31-22(3,4)21(28)29)6-8-18(27)16-7-9-19(30-5)17(12-16)23(24,25)26/h9-15H,1-8H3;6-12H,1-5H3,(H,28,29)/b11-9+;8-6+. The predicted octanol–water partition coefficient (Wildman–Crippen LogP) is 12.2. The van der Waals surface area contributed by atoms with Gasteiger partial charge in [0.2, 0.25) is 0 Å². The Labute approximate surface area is 380 Å². The Morgan fingerprint density at radius 2 is 0.864 bits per heavy atom. The zero-order valence-corrected chi connectivity index (χ0v) is 39.0. The van der Waals surface area contributed by atoms with Gasteiger partial charge < -0.3 is 28.8 Å². The van der Waals surface area contributed by atoms with Gasteiger partial charge in [0.05, 0.1) is 25.3 Å². The number of aliphatic carboxylic acids is 1. The molecule has 1 N–H and O–H groups in total. The molecule has 0 aliphatic rings. The van der Waals surface area contributed by atoms with Crippen molar-refractivity contribution in [3.8, 4) is 23.0 Å². The largest absolute Gasteiger partial charge is 0.496 e. The Morgan fingerprint density at radius 1 is 0.530 bits per heavy atom. The van der Waals surface area contributed by atoms with Crippen LogP contribution >= 0.6 is 0 Å². The van der Waals surface area contributed by atoms with E-state index in [-0.39, 0.29) is 22.6 Å². The minimum Gasteiger partial charge on any atom is -0.496 e. The Morgan fingerprint density at radius 3 is 1.15 bits per heavy atom. The van der Waals surface area contributed by atoms with Crippen molar-refractivity contribution >= 4 is 35.7 Å². The molecule has 356 valence electrons. The van der Waals surface area contributed by atoms with Crippen LogP contribution in [0, 0.1) is 27.7 Å². The lowest BCUT2D eigenvalue weighted by molar-refractivity contribution is -0.171. The third-order valence-electron chi connectivity index (χ3n) is 9.52. The molecule has 4 aromatic carbocycles. The fourth-order valence-corrected chi connectivity index (χ4v) is 6.18. The number of carbonyl (C=O) groups excluding carboxylic acids is 3. The molecule has 0 aliphatic heterocycles. The number of rotatable bonds is 14. The Hall–Kier alpha value is -6.58. The van der Waals surface area contributed by atoms with Crippen LogP contribution in [0.15, 0.2) is 72.8 Å². The molecule has 0 unspecified atom stereocenters. The molecule has 0 bridgehead atoms. The number of ether oxygens (including phenoxy) is 5. The van der Waals surface area contributed by atoms with E-state index in [2.05, 4.69) is 0 Å². The summed E-state index contributed by atoms with van der Waals surface area (Å²) in [5, 5.41) is 9.24. The smallest absolute Gasteiger partial charge is 0.419 e. The molecule has 66 heavy (non-hydrogen) atoms. The molecule has 0 aromatic heterocycles. The number of carboxylic acids is 1. The van der Waals surface area contributed by atoms with Crippen LogP contribution in [0.4, 0.5) is 26.3 Å². The average Bonchev–Trinajstić information content (AvgIpc) is 3.20. The predicted molar refractivity (Wildman–Crippen MR) is 237 cm³/mol. The van der Waals surface area contributed by atoms with Gasteiger partial charge in [0.1, 0.15) is 28.6 Å². The zero-order chi connectivity index (χ0) is 50.3. The number of ketones is 2. The van der Waals surface area contributed by atoms with Crippen LogP contribution in [0.1, 0.15) is 114 Å². The summed E-state index contributed by atoms with van der Waals surface area (Å²) in [6.45, 7) is 18.5. The Balaban J connectivity index is 0.000000353. The van der Waals surface area contributed by atoms with Crippen LogP contribution in [0.3, 0.4) is 0 Å².